The van der Waals surface area contributed by atoms with Crippen LogP contribution in [0.1, 0.15) is 23.9 Å². The fourth-order valence-electron chi connectivity index (χ4n) is 2.61. The summed E-state index contributed by atoms with van der Waals surface area (Å²) in [6.45, 7) is 2.30. The zero-order valence-electron chi connectivity index (χ0n) is 14.2. The minimum absolute atomic E-state index is 0.0378. The van der Waals surface area contributed by atoms with Gasteiger partial charge in [-0.3, -0.25) is 9.59 Å². The van der Waals surface area contributed by atoms with Crippen LogP contribution in [0.3, 0.4) is 0 Å². The number of aryl methyl sites for hydroxylation is 1. The lowest BCUT2D eigenvalue weighted by Gasteiger charge is -2.03. The summed E-state index contributed by atoms with van der Waals surface area (Å²) in [5.74, 6) is -1.09. The van der Waals surface area contributed by atoms with Gasteiger partial charge in [0, 0.05) is 11.9 Å². The predicted octanol–water partition coefficient (Wildman–Crippen LogP) is 3.39. The van der Waals surface area contributed by atoms with Crippen molar-refractivity contribution in [2.45, 2.75) is 19.9 Å². The highest BCUT2D eigenvalue weighted by Gasteiger charge is 2.16. The summed E-state index contributed by atoms with van der Waals surface area (Å²) >= 11 is 0. The Balaban J connectivity index is 1.74. The van der Waals surface area contributed by atoms with E-state index in [2.05, 4.69) is 15.5 Å². The van der Waals surface area contributed by atoms with E-state index in [0.29, 0.717) is 11.9 Å². The van der Waals surface area contributed by atoms with E-state index in [4.69, 9.17) is 4.42 Å². The Kier molecular flexibility index (Phi) is 5.12. The SMILES string of the molecule is CCCn1c(O)c(N=NC(=O)CNC(=O)c2ccco2)c2ccccc21. The molecule has 0 unspecified atom stereocenters. The average Bonchev–Trinajstić information content (AvgIpc) is 3.27. The highest BCUT2D eigenvalue weighted by atomic mass is 16.3. The van der Waals surface area contributed by atoms with Gasteiger partial charge in [-0.1, -0.05) is 25.1 Å². The summed E-state index contributed by atoms with van der Waals surface area (Å²) in [4.78, 5) is 23.6. The molecule has 0 aliphatic heterocycles. The number of carbonyl (C=O) groups excluding carboxylic acids is 2. The van der Waals surface area contributed by atoms with Gasteiger partial charge in [-0.15, -0.1) is 10.2 Å². The third kappa shape index (κ3) is 3.49. The molecule has 0 aliphatic carbocycles. The number of furan rings is 1. The van der Waals surface area contributed by atoms with Crippen molar-refractivity contribution in [3.05, 3.63) is 48.4 Å². The maximum absolute atomic E-state index is 11.9. The van der Waals surface area contributed by atoms with Crippen LogP contribution in [-0.2, 0) is 11.3 Å². The van der Waals surface area contributed by atoms with Crippen molar-refractivity contribution in [1.82, 2.24) is 9.88 Å². The molecule has 3 aromatic rings. The monoisotopic (exact) mass is 354 g/mol. The van der Waals surface area contributed by atoms with Gasteiger partial charge < -0.3 is 19.4 Å². The van der Waals surface area contributed by atoms with E-state index in [1.807, 2.05) is 25.1 Å². The number of hydrogen-bond donors (Lipinski definition) is 2. The first-order valence-electron chi connectivity index (χ1n) is 8.18. The fourth-order valence-corrected chi connectivity index (χ4v) is 2.61. The topological polar surface area (TPSA) is 109 Å². The van der Waals surface area contributed by atoms with Crippen molar-refractivity contribution in [3.63, 3.8) is 0 Å². The molecule has 0 aliphatic rings. The number of fused-ring (bicyclic) bond motifs is 1. The molecule has 0 radical (unpaired) electrons. The standard InChI is InChI=1S/C18H18N4O4/c1-2-9-22-13-7-4-3-6-12(13)16(18(22)25)21-20-15(23)11-19-17(24)14-8-5-10-26-14/h3-8,10,25H,2,9,11H2,1H3,(H,19,24). The van der Waals surface area contributed by atoms with Gasteiger partial charge in [0.1, 0.15) is 6.54 Å². The maximum Gasteiger partial charge on any atom is 0.287 e. The van der Waals surface area contributed by atoms with Crippen molar-refractivity contribution >= 4 is 28.4 Å². The molecule has 3 rings (SSSR count). The Morgan fingerprint density at radius 3 is 2.77 bits per heavy atom. The first-order chi connectivity index (χ1) is 12.6. The summed E-state index contributed by atoms with van der Waals surface area (Å²) < 4.78 is 6.66. The van der Waals surface area contributed by atoms with Crippen LogP contribution in [0, 0.1) is 0 Å². The molecule has 0 saturated heterocycles. The van der Waals surface area contributed by atoms with Crippen molar-refractivity contribution in [1.29, 1.82) is 0 Å². The lowest BCUT2D eigenvalue weighted by Crippen LogP contribution is -2.28. The van der Waals surface area contributed by atoms with Gasteiger partial charge in [0.25, 0.3) is 11.8 Å². The number of rotatable bonds is 6. The number of para-hydroxylation sites is 1. The Morgan fingerprint density at radius 2 is 2.04 bits per heavy atom. The lowest BCUT2D eigenvalue weighted by molar-refractivity contribution is -0.117. The van der Waals surface area contributed by atoms with Crippen LogP contribution in [0.15, 0.2) is 57.3 Å². The van der Waals surface area contributed by atoms with Gasteiger partial charge in [0.15, 0.2) is 11.4 Å². The third-order valence-corrected chi connectivity index (χ3v) is 3.77. The van der Waals surface area contributed by atoms with E-state index < -0.39 is 11.8 Å². The average molecular weight is 354 g/mol. The quantitative estimate of drug-likeness (QED) is 0.661. The largest absolute Gasteiger partial charge is 0.493 e. The summed E-state index contributed by atoms with van der Waals surface area (Å²) in [7, 11) is 0. The minimum Gasteiger partial charge on any atom is -0.493 e. The Morgan fingerprint density at radius 1 is 1.23 bits per heavy atom. The summed E-state index contributed by atoms with van der Waals surface area (Å²) in [6.07, 6.45) is 2.20. The summed E-state index contributed by atoms with van der Waals surface area (Å²) in [5, 5.41) is 21.0. The second-order valence-electron chi connectivity index (χ2n) is 5.59. The minimum atomic E-state index is -0.642. The highest BCUT2D eigenvalue weighted by Crippen LogP contribution is 2.38. The van der Waals surface area contributed by atoms with E-state index >= 15 is 0 Å². The Hall–Kier alpha value is -3.42. The van der Waals surface area contributed by atoms with Crippen LogP contribution in [0.4, 0.5) is 5.69 Å². The van der Waals surface area contributed by atoms with E-state index in [1.165, 1.54) is 12.3 Å². The van der Waals surface area contributed by atoms with Crippen LogP contribution >= 0.6 is 0 Å². The molecule has 2 aromatic heterocycles. The molecule has 2 heterocycles. The van der Waals surface area contributed by atoms with Gasteiger partial charge in [-0.05, 0) is 24.6 Å². The maximum atomic E-state index is 11.9. The first-order valence-corrected chi connectivity index (χ1v) is 8.18. The normalized spacial score (nSPS) is 11.3. The van der Waals surface area contributed by atoms with E-state index in [0.717, 1.165) is 11.9 Å². The van der Waals surface area contributed by atoms with Gasteiger partial charge in [-0.2, -0.15) is 0 Å². The second kappa shape index (κ2) is 7.64. The smallest absolute Gasteiger partial charge is 0.287 e. The number of nitrogens with zero attached hydrogens (tertiary/aromatic N) is 3. The molecule has 0 saturated carbocycles. The number of carbonyl (C=O) groups is 2. The molecule has 0 spiro atoms. The van der Waals surface area contributed by atoms with Gasteiger partial charge in [0.05, 0.1) is 11.8 Å². The first kappa shape index (κ1) is 17.4. The number of amides is 2. The number of hydrogen-bond acceptors (Lipinski definition) is 5. The van der Waals surface area contributed by atoms with Gasteiger partial charge in [0.2, 0.25) is 5.88 Å². The molecule has 8 heteroatoms. The number of aromatic nitrogens is 1. The molecule has 2 amide bonds. The molecule has 0 fully saturated rings. The lowest BCUT2D eigenvalue weighted by atomic mass is 10.2. The molecule has 0 bridgehead atoms. The van der Waals surface area contributed by atoms with E-state index in [1.54, 1.807) is 16.7 Å². The predicted molar refractivity (Wildman–Crippen MR) is 94.5 cm³/mol. The molecular weight excluding hydrogens is 336 g/mol. The van der Waals surface area contributed by atoms with Crippen molar-refractivity contribution in [2.24, 2.45) is 10.2 Å². The molecule has 0 atom stereocenters. The van der Waals surface area contributed by atoms with Crippen LogP contribution in [0.5, 0.6) is 5.88 Å². The zero-order valence-corrected chi connectivity index (χ0v) is 14.2. The third-order valence-electron chi connectivity index (χ3n) is 3.77. The summed E-state index contributed by atoms with van der Waals surface area (Å²) in [6, 6.07) is 10.4. The highest BCUT2D eigenvalue weighted by molar-refractivity contribution is 5.96. The van der Waals surface area contributed by atoms with Crippen molar-refractivity contribution < 1.29 is 19.1 Å². The molecule has 8 nitrogen and oxygen atoms in total. The zero-order chi connectivity index (χ0) is 18.5. The van der Waals surface area contributed by atoms with Crippen molar-refractivity contribution in [2.75, 3.05) is 6.54 Å². The molecular formula is C18H18N4O4. The van der Waals surface area contributed by atoms with E-state index in [9.17, 15) is 14.7 Å². The van der Waals surface area contributed by atoms with Crippen LogP contribution in [-0.4, -0.2) is 28.0 Å². The van der Waals surface area contributed by atoms with Gasteiger partial charge >= 0.3 is 0 Å². The fraction of sp³-hybridized carbons (Fsp3) is 0.222. The second-order valence-corrected chi connectivity index (χ2v) is 5.59. The van der Waals surface area contributed by atoms with E-state index in [-0.39, 0.29) is 23.9 Å². The van der Waals surface area contributed by atoms with Crippen LogP contribution < -0.4 is 5.32 Å². The molecule has 2 N–H and O–H groups in total. The number of nitrogens with one attached hydrogen (secondary N) is 1. The molecule has 134 valence electrons. The van der Waals surface area contributed by atoms with Gasteiger partial charge in [-0.25, -0.2) is 0 Å². The van der Waals surface area contributed by atoms with Crippen LogP contribution in [0.25, 0.3) is 10.9 Å². The number of benzene rings is 1. The van der Waals surface area contributed by atoms with Crippen LogP contribution in [0.2, 0.25) is 0 Å². The molecule has 26 heavy (non-hydrogen) atoms. The number of aromatic hydroxyl groups is 1. The number of azo groups is 1. The van der Waals surface area contributed by atoms with Crippen molar-refractivity contribution in [3.8, 4) is 5.88 Å². The molecule has 1 aromatic carbocycles. The Bertz CT molecular complexity index is 957. The summed E-state index contributed by atoms with van der Waals surface area (Å²) in [5.41, 5.74) is 1.05. The Labute approximate surface area is 149 Å².